The zero-order valence-corrected chi connectivity index (χ0v) is 21.9. The maximum Gasteiger partial charge on any atom is 0.225 e. The lowest BCUT2D eigenvalue weighted by atomic mass is 9.85. The Morgan fingerprint density at radius 1 is 1.06 bits per heavy atom. The summed E-state index contributed by atoms with van der Waals surface area (Å²) in [5.41, 5.74) is 3.28. The van der Waals surface area contributed by atoms with Gasteiger partial charge in [0.15, 0.2) is 0 Å². The maximum absolute atomic E-state index is 10.7. The van der Waals surface area contributed by atoms with Crippen LogP contribution >= 0.6 is 11.3 Å². The number of nitrogens with one attached hydrogen (secondary N) is 2. The van der Waals surface area contributed by atoms with Gasteiger partial charge in [0.25, 0.3) is 0 Å². The van der Waals surface area contributed by atoms with Crippen LogP contribution < -0.4 is 10.6 Å². The fourth-order valence-corrected chi connectivity index (χ4v) is 6.78. The Labute approximate surface area is 215 Å². The van der Waals surface area contributed by atoms with Crippen LogP contribution in [-0.2, 0) is 0 Å². The zero-order valence-electron chi connectivity index (χ0n) is 21.1. The van der Waals surface area contributed by atoms with Crippen molar-refractivity contribution < 1.29 is 15.3 Å². The average molecular weight is 513 g/mol. The maximum atomic E-state index is 10.7. The number of thiazole rings is 1. The van der Waals surface area contributed by atoms with Crippen molar-refractivity contribution in [2.45, 2.75) is 83.6 Å². The van der Waals surface area contributed by atoms with E-state index in [1.165, 1.54) is 32.1 Å². The molecular weight excluding hydrogens is 476 g/mol. The highest BCUT2D eigenvalue weighted by Gasteiger charge is 2.41. The molecule has 0 amide bonds. The third-order valence-corrected chi connectivity index (χ3v) is 8.90. The molecule has 0 unspecified atom stereocenters. The van der Waals surface area contributed by atoms with Crippen molar-refractivity contribution in [1.82, 2.24) is 19.9 Å². The smallest absolute Gasteiger partial charge is 0.225 e. The van der Waals surface area contributed by atoms with Crippen molar-refractivity contribution in [2.75, 3.05) is 17.2 Å². The van der Waals surface area contributed by atoms with E-state index in [9.17, 15) is 15.3 Å². The van der Waals surface area contributed by atoms with E-state index >= 15 is 0 Å². The summed E-state index contributed by atoms with van der Waals surface area (Å²) in [5, 5.41) is 38.4. The third kappa shape index (κ3) is 4.91. The van der Waals surface area contributed by atoms with Gasteiger partial charge in [0, 0.05) is 24.8 Å². The molecule has 2 fully saturated rings. The van der Waals surface area contributed by atoms with Crippen LogP contribution in [0.2, 0.25) is 0 Å². The summed E-state index contributed by atoms with van der Waals surface area (Å²) in [7, 11) is 0. The van der Waals surface area contributed by atoms with E-state index in [-0.39, 0.29) is 18.6 Å². The van der Waals surface area contributed by atoms with Crippen molar-refractivity contribution in [3.8, 4) is 10.6 Å². The van der Waals surface area contributed by atoms with E-state index < -0.39 is 18.2 Å². The van der Waals surface area contributed by atoms with E-state index in [2.05, 4.69) is 22.5 Å². The quantitative estimate of drug-likeness (QED) is 0.321. The molecule has 0 radical (unpaired) electrons. The van der Waals surface area contributed by atoms with Gasteiger partial charge in [-0.3, -0.25) is 4.98 Å². The highest BCUT2D eigenvalue weighted by atomic mass is 32.1. The molecule has 2 aliphatic carbocycles. The number of aliphatic hydroxyl groups is 3. The van der Waals surface area contributed by atoms with Crippen LogP contribution in [0.1, 0.15) is 56.8 Å². The number of aliphatic hydroxyl groups excluding tert-OH is 3. The Bertz CT molecular complexity index is 1210. The Balaban J connectivity index is 1.52. The van der Waals surface area contributed by atoms with Crippen LogP contribution in [0.25, 0.3) is 20.8 Å². The van der Waals surface area contributed by atoms with Crippen molar-refractivity contribution in [1.29, 1.82) is 0 Å². The Hall–Kier alpha value is -2.40. The van der Waals surface area contributed by atoms with E-state index in [0.29, 0.717) is 24.1 Å². The molecule has 9 nitrogen and oxygen atoms in total. The van der Waals surface area contributed by atoms with Crippen molar-refractivity contribution in [2.24, 2.45) is 11.8 Å². The van der Waals surface area contributed by atoms with Crippen molar-refractivity contribution in [3.63, 3.8) is 0 Å². The standard InChI is InChI=1S/C26H36N6O3S/c1-13(16-7-5-4-6-8-16)28-26-29-14(2)20(25-31-21-15(3)27-10-9-19(21)36-25)24(32-26)30-18-11-17(12-33)22(34)23(18)35/h9-10,13,16-18,22-23,33-35H,4-8,11-12H2,1-3H3,(H2,28,29,30,32)/t13-,17-,18-,22-,23+/m1/s1. The first-order chi connectivity index (χ1) is 17.4. The normalized spacial score (nSPS) is 25.8. The van der Waals surface area contributed by atoms with Gasteiger partial charge in [-0.1, -0.05) is 19.3 Å². The molecular formula is C26H36N6O3S. The summed E-state index contributed by atoms with van der Waals surface area (Å²) >= 11 is 1.56. The second-order valence-corrected chi connectivity index (χ2v) is 11.4. The van der Waals surface area contributed by atoms with Crippen LogP contribution in [0.4, 0.5) is 11.8 Å². The summed E-state index contributed by atoms with van der Waals surface area (Å²) in [6.45, 7) is 5.91. The van der Waals surface area contributed by atoms with Crippen LogP contribution in [-0.4, -0.2) is 66.2 Å². The summed E-state index contributed by atoms with van der Waals surface area (Å²) < 4.78 is 1.03. The number of nitrogens with zero attached hydrogens (tertiary/aromatic N) is 4. The molecule has 2 aliphatic rings. The molecule has 194 valence electrons. The molecule has 0 aliphatic heterocycles. The number of anilines is 2. The van der Waals surface area contributed by atoms with E-state index in [1.807, 2.05) is 19.9 Å². The first-order valence-electron chi connectivity index (χ1n) is 13.0. The van der Waals surface area contributed by atoms with E-state index in [0.717, 1.165) is 32.2 Å². The Morgan fingerprint density at radius 3 is 2.53 bits per heavy atom. The van der Waals surface area contributed by atoms with Gasteiger partial charge in [-0.2, -0.15) is 4.98 Å². The molecule has 0 spiro atoms. The van der Waals surface area contributed by atoms with Gasteiger partial charge in [-0.15, -0.1) is 11.3 Å². The molecule has 3 aromatic rings. The third-order valence-electron chi connectivity index (χ3n) is 7.87. The van der Waals surface area contributed by atoms with Gasteiger partial charge >= 0.3 is 0 Å². The number of rotatable bonds is 7. The second kappa shape index (κ2) is 10.5. The van der Waals surface area contributed by atoms with Crippen molar-refractivity contribution in [3.05, 3.63) is 23.7 Å². The lowest BCUT2D eigenvalue weighted by Crippen LogP contribution is -2.36. The minimum atomic E-state index is -1.01. The highest BCUT2D eigenvalue weighted by molar-refractivity contribution is 7.21. The van der Waals surface area contributed by atoms with Crippen LogP contribution in [0.5, 0.6) is 0 Å². The first kappa shape index (κ1) is 25.3. The molecule has 2 saturated carbocycles. The molecule has 3 heterocycles. The Morgan fingerprint density at radius 2 is 1.83 bits per heavy atom. The zero-order chi connectivity index (χ0) is 25.4. The SMILES string of the molecule is Cc1nc(N[C@H](C)C2CCCCC2)nc(N[C@@H]2C[C@H](CO)[C@@H](O)[C@H]2O)c1-c1nc2c(C)nccc2s1. The van der Waals surface area contributed by atoms with Gasteiger partial charge in [0.05, 0.1) is 33.8 Å². The predicted molar refractivity (Wildman–Crippen MR) is 142 cm³/mol. The summed E-state index contributed by atoms with van der Waals surface area (Å²) in [5.74, 6) is 1.32. The average Bonchev–Trinajstić information content (AvgIpc) is 3.41. The molecule has 5 atom stereocenters. The van der Waals surface area contributed by atoms with Gasteiger partial charge < -0.3 is 26.0 Å². The number of hydrogen-bond donors (Lipinski definition) is 5. The second-order valence-electron chi connectivity index (χ2n) is 10.4. The first-order valence-corrected chi connectivity index (χ1v) is 13.8. The molecule has 0 aromatic carbocycles. The minimum absolute atomic E-state index is 0.179. The number of pyridine rings is 1. The van der Waals surface area contributed by atoms with E-state index in [1.54, 1.807) is 17.5 Å². The highest BCUT2D eigenvalue weighted by Crippen LogP contribution is 2.39. The summed E-state index contributed by atoms with van der Waals surface area (Å²) in [6.07, 6.45) is 6.49. The fraction of sp³-hybridized carbons (Fsp3) is 0.615. The van der Waals surface area contributed by atoms with Gasteiger partial charge in [0.2, 0.25) is 5.95 Å². The van der Waals surface area contributed by atoms with Gasteiger partial charge in [0.1, 0.15) is 22.4 Å². The number of hydrogen-bond acceptors (Lipinski definition) is 10. The van der Waals surface area contributed by atoms with Crippen LogP contribution in [0.3, 0.4) is 0 Å². The molecule has 10 heteroatoms. The van der Waals surface area contributed by atoms with Crippen molar-refractivity contribution >= 4 is 33.3 Å². The largest absolute Gasteiger partial charge is 0.396 e. The predicted octanol–water partition coefficient (Wildman–Crippen LogP) is 3.66. The molecule has 0 bridgehead atoms. The molecule has 0 saturated heterocycles. The minimum Gasteiger partial charge on any atom is -0.396 e. The monoisotopic (exact) mass is 512 g/mol. The number of fused-ring (bicyclic) bond motifs is 1. The molecule has 5 N–H and O–H groups in total. The number of aromatic nitrogens is 4. The van der Waals surface area contributed by atoms with Crippen LogP contribution in [0, 0.1) is 25.7 Å². The topological polar surface area (TPSA) is 136 Å². The Kier molecular flexibility index (Phi) is 7.39. The fourth-order valence-electron chi connectivity index (χ4n) is 5.67. The van der Waals surface area contributed by atoms with Crippen LogP contribution in [0.15, 0.2) is 12.3 Å². The molecule has 3 aromatic heterocycles. The number of aryl methyl sites for hydroxylation is 2. The van der Waals surface area contributed by atoms with Gasteiger partial charge in [-0.25, -0.2) is 9.97 Å². The summed E-state index contributed by atoms with van der Waals surface area (Å²) in [4.78, 5) is 18.9. The molecule has 36 heavy (non-hydrogen) atoms. The lowest BCUT2D eigenvalue weighted by Gasteiger charge is -2.28. The van der Waals surface area contributed by atoms with E-state index in [4.69, 9.17) is 15.0 Å². The van der Waals surface area contributed by atoms with Gasteiger partial charge in [-0.05, 0) is 52.0 Å². The molecule has 5 rings (SSSR count). The lowest BCUT2D eigenvalue weighted by molar-refractivity contribution is 0.00446. The summed E-state index contributed by atoms with van der Waals surface area (Å²) in [6, 6.07) is 1.75.